The Morgan fingerprint density at radius 2 is 1.06 bits per heavy atom. The molecule has 6 heterocycles. The van der Waals surface area contributed by atoms with E-state index in [2.05, 4.69) is 29.0 Å². The normalized spacial score (nSPS) is 26.2. The third-order valence-electron chi connectivity index (χ3n) is 7.62. The molecule has 2 radical (unpaired) electrons. The standard InChI is InChI=1S/2C11H16N5O8P.2Y/c2*1-15-3-16(8-5(15)9(19)14-11(12)13-8)10-7(18)6(17)4(24-10)2-23-25(20,21)22;;/h2*3-4,6-7,10,17-18H,2H2,1H3,(H4-,12,13,14,19,20,21,22);;/p+2/t2*4-,6-,7?,10?;;/m11../s1. The zero-order valence-corrected chi connectivity index (χ0v) is 34.4. The quantitative estimate of drug-likeness (QED) is 0.0577. The third kappa shape index (κ3) is 9.64. The van der Waals surface area contributed by atoms with Crippen LogP contribution in [0.4, 0.5) is 11.9 Å². The van der Waals surface area contributed by atoms with E-state index in [1.807, 2.05) is 0 Å². The van der Waals surface area contributed by atoms with Crippen molar-refractivity contribution < 1.29 is 142 Å². The molecule has 0 amide bonds. The fraction of sp³-hybridized carbons (Fsp3) is 0.545. The maximum absolute atomic E-state index is 12.0. The molecule has 0 spiro atoms. The molecule has 282 valence electrons. The van der Waals surface area contributed by atoms with Crippen LogP contribution in [0.25, 0.3) is 22.3 Å². The van der Waals surface area contributed by atoms with E-state index in [0.29, 0.717) is 0 Å². The van der Waals surface area contributed by atoms with Crippen molar-refractivity contribution in [2.45, 2.75) is 49.1 Å². The Morgan fingerprint density at radius 1 is 0.731 bits per heavy atom. The number of aryl methyl sites for hydroxylation is 2. The number of fused-ring (bicyclic) bond motifs is 2. The second-order valence-electron chi connectivity index (χ2n) is 11.2. The zero-order valence-electron chi connectivity index (χ0n) is 26.9. The van der Waals surface area contributed by atoms with Gasteiger partial charge in [0.15, 0.2) is 12.7 Å². The number of aliphatic hydroxyl groups excluding tert-OH is 4. The number of hydrogen-bond acceptors (Lipinski definition) is 16. The van der Waals surface area contributed by atoms with Crippen LogP contribution in [-0.2, 0) is 107 Å². The number of aliphatic hydroxyl groups is 4. The van der Waals surface area contributed by atoms with Gasteiger partial charge < -0.3 is 60.9 Å². The summed E-state index contributed by atoms with van der Waals surface area (Å²) in [5, 5.41) is 40.5. The monoisotopic (exact) mass is 934 g/mol. The Labute approximate surface area is 339 Å². The maximum atomic E-state index is 12.0. The zero-order chi connectivity index (χ0) is 37.0. The minimum absolute atomic E-state index is 0. The molecule has 52 heavy (non-hydrogen) atoms. The van der Waals surface area contributed by atoms with E-state index in [1.165, 1.54) is 30.9 Å². The number of anilines is 2. The first-order valence-corrected chi connectivity index (χ1v) is 17.2. The fourth-order valence-corrected chi connectivity index (χ4v) is 6.13. The van der Waals surface area contributed by atoms with Crippen molar-refractivity contribution in [1.29, 1.82) is 0 Å². The van der Waals surface area contributed by atoms with Gasteiger partial charge in [0.1, 0.15) is 36.6 Å². The Balaban J connectivity index is 0.000000270. The molecule has 0 bridgehead atoms. The summed E-state index contributed by atoms with van der Waals surface area (Å²) < 4.78 is 46.6. The summed E-state index contributed by atoms with van der Waals surface area (Å²) in [6.07, 6.45) is -7.76. The van der Waals surface area contributed by atoms with Gasteiger partial charge in [0.05, 0.1) is 27.3 Å². The number of nitrogen functional groups attached to an aromatic ring is 2. The molecular weight excluding hydrogens is 900 g/mol. The van der Waals surface area contributed by atoms with Gasteiger partial charge in [-0.2, -0.15) is 0 Å². The maximum Gasteiger partial charge on any atom is 0.469 e. The summed E-state index contributed by atoms with van der Waals surface area (Å²) in [4.78, 5) is 71.7. The van der Waals surface area contributed by atoms with Gasteiger partial charge in [-0.25, -0.2) is 18.3 Å². The summed E-state index contributed by atoms with van der Waals surface area (Å²) in [5.41, 5.74) is 10.6. The SMILES string of the molecule is Cn1c[n+](C2O[C@H](COP(=O)(O)O)[C@@H](O)C2O)c2nc(N)[nH]c(=O)c21.Cn1c[n+](C2O[C@H](COP(=O)(O)O)[C@@H](O)C2O)c2nc(N)[nH]c(=O)c21.[Y].[Y]. The Morgan fingerprint density at radius 3 is 1.37 bits per heavy atom. The van der Waals surface area contributed by atoms with Crippen molar-refractivity contribution in [3.8, 4) is 0 Å². The Bertz CT molecular complexity index is 1970. The molecule has 30 heteroatoms. The van der Waals surface area contributed by atoms with Crippen LogP contribution in [0, 0.1) is 0 Å². The number of phosphoric acid groups is 2. The molecule has 4 unspecified atom stereocenters. The molecule has 26 nitrogen and oxygen atoms in total. The van der Waals surface area contributed by atoms with Crippen molar-refractivity contribution in [2.24, 2.45) is 14.1 Å². The molecule has 2 aliphatic rings. The molecule has 6 rings (SSSR count). The number of nitrogens with two attached hydrogens (primary N) is 2. The van der Waals surface area contributed by atoms with Crippen LogP contribution in [0.2, 0.25) is 0 Å². The first-order valence-electron chi connectivity index (χ1n) is 14.1. The first-order chi connectivity index (χ1) is 23.2. The van der Waals surface area contributed by atoms with Crippen LogP contribution in [0.3, 0.4) is 0 Å². The Hall–Kier alpha value is -1.51. The van der Waals surface area contributed by atoms with Crippen molar-refractivity contribution in [3.63, 3.8) is 0 Å². The number of hydrogen-bond donors (Lipinski definition) is 12. The molecule has 2 fully saturated rings. The molecular formula is C22H34N10O16P2Y2+2. The molecule has 2 saturated heterocycles. The minimum Gasteiger partial charge on any atom is -0.387 e. The smallest absolute Gasteiger partial charge is 0.387 e. The van der Waals surface area contributed by atoms with E-state index in [1.54, 1.807) is 14.1 Å². The molecule has 4 aromatic rings. The summed E-state index contributed by atoms with van der Waals surface area (Å²) in [5.74, 6) is -0.293. The average Bonchev–Trinajstić information content (AvgIpc) is 3.68. The first kappa shape index (κ1) is 44.9. The van der Waals surface area contributed by atoms with Crippen LogP contribution in [0.1, 0.15) is 12.5 Å². The fourth-order valence-electron chi connectivity index (χ4n) is 5.44. The van der Waals surface area contributed by atoms with Crippen LogP contribution in [-0.4, -0.2) is 119 Å². The van der Waals surface area contributed by atoms with E-state index in [0.717, 1.165) is 0 Å². The second-order valence-corrected chi connectivity index (χ2v) is 13.7. The number of rotatable bonds is 8. The predicted octanol–water partition coefficient (Wildman–Crippen LogP) is -6.29. The summed E-state index contributed by atoms with van der Waals surface area (Å²) in [6, 6.07) is 0. The van der Waals surface area contributed by atoms with Gasteiger partial charge in [-0.05, 0) is 0 Å². The van der Waals surface area contributed by atoms with E-state index >= 15 is 0 Å². The summed E-state index contributed by atoms with van der Waals surface area (Å²) in [7, 11) is -6.39. The molecule has 14 N–H and O–H groups in total. The third-order valence-corrected chi connectivity index (χ3v) is 8.59. The van der Waals surface area contributed by atoms with Gasteiger partial charge in [0.2, 0.25) is 23.5 Å². The number of H-pyrrole nitrogens is 2. The summed E-state index contributed by atoms with van der Waals surface area (Å²) >= 11 is 0. The number of ether oxygens (including phenoxy) is 2. The average molecular weight is 934 g/mol. The van der Waals surface area contributed by atoms with Crippen molar-refractivity contribution >= 4 is 49.9 Å². The number of imidazole rings is 2. The van der Waals surface area contributed by atoms with Crippen LogP contribution in [0.15, 0.2) is 22.2 Å². The number of phosphoric ester groups is 2. The molecule has 0 aromatic carbocycles. The number of nitrogens with one attached hydrogen (secondary N) is 2. The predicted molar refractivity (Wildman–Crippen MR) is 160 cm³/mol. The molecule has 0 aliphatic carbocycles. The van der Waals surface area contributed by atoms with Gasteiger partial charge in [0.25, 0.3) is 23.0 Å². The second kappa shape index (κ2) is 17.1. The molecule has 0 saturated carbocycles. The van der Waals surface area contributed by atoms with Crippen LogP contribution in [0.5, 0.6) is 0 Å². The largest absolute Gasteiger partial charge is 0.469 e. The van der Waals surface area contributed by atoms with Gasteiger partial charge >= 0.3 is 26.9 Å². The van der Waals surface area contributed by atoms with Crippen LogP contribution >= 0.6 is 15.6 Å². The van der Waals surface area contributed by atoms with E-state index in [-0.39, 0.29) is 99.6 Å². The number of nitrogens with zero attached hydrogens (tertiary/aromatic N) is 6. The van der Waals surface area contributed by atoms with Gasteiger partial charge in [-0.1, -0.05) is 9.97 Å². The van der Waals surface area contributed by atoms with Crippen LogP contribution < -0.4 is 31.7 Å². The van der Waals surface area contributed by atoms with E-state index in [4.69, 9.17) is 40.5 Å². The molecule has 2 aliphatic heterocycles. The topological polar surface area (TPSA) is 394 Å². The molecule has 4 aromatic heterocycles. The summed E-state index contributed by atoms with van der Waals surface area (Å²) in [6.45, 7) is -1.28. The van der Waals surface area contributed by atoms with E-state index < -0.39 is 89.1 Å². The number of aromatic nitrogens is 8. The van der Waals surface area contributed by atoms with Crippen molar-refractivity contribution in [1.82, 2.24) is 29.1 Å². The molecule has 8 atom stereocenters. The number of aromatic amines is 2. The van der Waals surface area contributed by atoms with Crippen molar-refractivity contribution in [3.05, 3.63) is 33.4 Å². The van der Waals surface area contributed by atoms with Gasteiger partial charge in [-0.15, -0.1) is 0 Å². The minimum atomic E-state index is -4.76. The van der Waals surface area contributed by atoms with Crippen molar-refractivity contribution in [2.75, 3.05) is 24.7 Å². The van der Waals surface area contributed by atoms with E-state index in [9.17, 15) is 39.1 Å². The van der Waals surface area contributed by atoms with Gasteiger partial charge in [0, 0.05) is 65.4 Å². The van der Waals surface area contributed by atoms with Gasteiger partial charge in [-0.3, -0.25) is 37.7 Å². The Kier molecular flexibility index (Phi) is 14.8.